The van der Waals surface area contributed by atoms with Gasteiger partial charge in [0.2, 0.25) is 5.91 Å². The van der Waals surface area contributed by atoms with E-state index in [0.29, 0.717) is 16.1 Å². The Morgan fingerprint density at radius 3 is 2.89 bits per heavy atom. The van der Waals surface area contributed by atoms with Crippen LogP contribution in [0.3, 0.4) is 0 Å². The summed E-state index contributed by atoms with van der Waals surface area (Å²) in [6.45, 7) is 0.869. The van der Waals surface area contributed by atoms with Gasteiger partial charge in [-0.1, -0.05) is 23.5 Å². The van der Waals surface area contributed by atoms with Crippen LogP contribution in [0.2, 0.25) is 0 Å². The van der Waals surface area contributed by atoms with Gasteiger partial charge < -0.3 is 10.2 Å². The number of thiazole rings is 1. The third-order valence-corrected chi connectivity index (χ3v) is 7.65. The van der Waals surface area contributed by atoms with Crippen LogP contribution in [-0.2, 0) is 10.2 Å². The number of nitrogens with zero attached hydrogens (tertiary/aromatic N) is 3. The molecule has 2 saturated carbocycles. The third-order valence-electron chi connectivity index (χ3n) is 6.54. The second kappa shape index (κ2) is 5.73. The van der Waals surface area contributed by atoms with Gasteiger partial charge in [0.25, 0.3) is 0 Å². The maximum absolute atomic E-state index is 14.0. The molecular formula is C21H19FN4OS. The summed E-state index contributed by atoms with van der Waals surface area (Å²) in [5, 5.41) is 4.16. The van der Waals surface area contributed by atoms with Crippen molar-refractivity contribution < 1.29 is 9.18 Å². The normalized spacial score (nSPS) is 26.9. The standard InChI is InChI=1S/C21H19FN4OS/c22-13-4-3-5-14-18(13)28-20(24-14)26-11-12-10-15(26)17(12)25-19(27)21(7-8-21)16-6-1-2-9-23-16/h1-6,9,12,15,17H,7-8,10-11H2,(H,25,27). The highest BCUT2D eigenvalue weighted by Crippen LogP contribution is 2.50. The first kappa shape index (κ1) is 16.4. The molecule has 4 fully saturated rings. The van der Waals surface area contributed by atoms with Crippen LogP contribution in [0.4, 0.5) is 9.52 Å². The molecule has 3 unspecified atom stereocenters. The predicted molar refractivity (Wildman–Crippen MR) is 106 cm³/mol. The summed E-state index contributed by atoms with van der Waals surface area (Å²) >= 11 is 1.40. The summed E-state index contributed by atoms with van der Waals surface area (Å²) in [5.41, 5.74) is 1.13. The molecule has 0 radical (unpaired) electrons. The Morgan fingerprint density at radius 1 is 1.25 bits per heavy atom. The van der Waals surface area contributed by atoms with E-state index in [1.807, 2.05) is 24.3 Å². The monoisotopic (exact) mass is 394 g/mol. The van der Waals surface area contributed by atoms with E-state index in [1.165, 1.54) is 17.4 Å². The molecule has 7 heteroatoms. The zero-order valence-corrected chi connectivity index (χ0v) is 16.0. The summed E-state index contributed by atoms with van der Waals surface area (Å²) in [7, 11) is 0. The Bertz CT molecular complexity index is 1080. The van der Waals surface area contributed by atoms with Crippen LogP contribution < -0.4 is 10.2 Å². The van der Waals surface area contributed by atoms with E-state index < -0.39 is 5.41 Å². The number of halogens is 1. The number of carbonyl (C=O) groups excluding carboxylic acids is 1. The zero-order valence-electron chi connectivity index (χ0n) is 15.1. The van der Waals surface area contributed by atoms with Crippen LogP contribution in [0.25, 0.3) is 10.2 Å². The molecular weight excluding hydrogens is 375 g/mol. The Balaban J connectivity index is 1.22. The maximum Gasteiger partial charge on any atom is 0.232 e. The molecule has 1 aromatic carbocycles. The Hall–Kier alpha value is -2.54. The topological polar surface area (TPSA) is 58.1 Å². The van der Waals surface area contributed by atoms with E-state index in [9.17, 15) is 9.18 Å². The highest BCUT2D eigenvalue weighted by Gasteiger charge is 2.58. The lowest BCUT2D eigenvalue weighted by atomic mass is 9.79. The minimum absolute atomic E-state index is 0.100. The van der Waals surface area contributed by atoms with Gasteiger partial charge in [0.1, 0.15) is 5.82 Å². The van der Waals surface area contributed by atoms with E-state index in [4.69, 9.17) is 0 Å². The fraction of sp³-hybridized carbons (Fsp3) is 0.381. The molecule has 5 nitrogen and oxygen atoms in total. The summed E-state index contributed by atoms with van der Waals surface area (Å²) < 4.78 is 14.6. The van der Waals surface area contributed by atoms with Crippen molar-refractivity contribution in [3.05, 3.63) is 54.1 Å². The molecule has 1 amide bonds. The number of anilines is 1. The highest BCUT2D eigenvalue weighted by molar-refractivity contribution is 7.22. The summed E-state index contributed by atoms with van der Waals surface area (Å²) in [6.07, 6.45) is 4.53. The minimum Gasteiger partial charge on any atom is -0.350 e. The molecule has 4 aliphatic rings. The van der Waals surface area contributed by atoms with Crippen LogP contribution in [0.15, 0.2) is 42.6 Å². The first-order valence-electron chi connectivity index (χ1n) is 9.70. The maximum atomic E-state index is 14.0. The molecule has 7 rings (SSSR count). The molecule has 2 aromatic heterocycles. The van der Waals surface area contributed by atoms with E-state index in [-0.39, 0.29) is 23.8 Å². The number of benzene rings is 1. The average Bonchev–Trinajstić information content (AvgIpc) is 3.07. The van der Waals surface area contributed by atoms with Crippen molar-refractivity contribution in [2.45, 2.75) is 36.8 Å². The van der Waals surface area contributed by atoms with Crippen molar-refractivity contribution in [3.63, 3.8) is 0 Å². The number of hydrogen-bond acceptors (Lipinski definition) is 5. The lowest BCUT2D eigenvalue weighted by Gasteiger charge is -2.37. The van der Waals surface area contributed by atoms with Crippen LogP contribution in [0.1, 0.15) is 25.0 Å². The van der Waals surface area contributed by atoms with Gasteiger partial charge in [0, 0.05) is 18.7 Å². The molecule has 2 bridgehead atoms. The first-order chi connectivity index (χ1) is 13.7. The molecule has 2 saturated heterocycles. The smallest absolute Gasteiger partial charge is 0.232 e. The van der Waals surface area contributed by atoms with Crippen LogP contribution >= 0.6 is 11.3 Å². The first-order valence-corrected chi connectivity index (χ1v) is 10.5. The van der Waals surface area contributed by atoms with Crippen LogP contribution in [-0.4, -0.2) is 34.5 Å². The number of carbonyl (C=O) groups is 1. The van der Waals surface area contributed by atoms with Crippen LogP contribution in [0, 0.1) is 11.7 Å². The van der Waals surface area contributed by atoms with Gasteiger partial charge in [-0.15, -0.1) is 0 Å². The Morgan fingerprint density at radius 2 is 2.14 bits per heavy atom. The van der Waals surface area contributed by atoms with Crippen molar-refractivity contribution in [2.24, 2.45) is 5.92 Å². The lowest BCUT2D eigenvalue weighted by Crippen LogP contribution is -2.56. The summed E-state index contributed by atoms with van der Waals surface area (Å²) in [4.78, 5) is 24.4. The second-order valence-electron chi connectivity index (χ2n) is 8.10. The number of pyridine rings is 1. The van der Waals surface area contributed by atoms with Gasteiger partial charge in [-0.05, 0) is 43.5 Å². The van der Waals surface area contributed by atoms with Crippen molar-refractivity contribution in [2.75, 3.05) is 11.4 Å². The number of fused-ring (bicyclic) bond motifs is 2. The van der Waals surface area contributed by atoms with E-state index in [2.05, 4.69) is 20.2 Å². The molecule has 3 atom stereocenters. The van der Waals surface area contributed by atoms with E-state index in [1.54, 1.807) is 12.3 Å². The predicted octanol–water partition coefficient (Wildman–Crippen LogP) is 3.26. The largest absolute Gasteiger partial charge is 0.350 e. The van der Waals surface area contributed by atoms with Crippen molar-refractivity contribution in [1.82, 2.24) is 15.3 Å². The van der Waals surface area contributed by atoms with E-state index in [0.717, 1.165) is 36.6 Å². The van der Waals surface area contributed by atoms with Crippen LogP contribution in [0.5, 0.6) is 0 Å². The fourth-order valence-corrected chi connectivity index (χ4v) is 5.78. The molecule has 1 N–H and O–H groups in total. The van der Waals surface area contributed by atoms with Crippen molar-refractivity contribution in [3.8, 4) is 0 Å². The zero-order chi connectivity index (χ0) is 18.9. The molecule has 0 spiro atoms. The van der Waals surface area contributed by atoms with Gasteiger partial charge in [0.05, 0.1) is 33.4 Å². The summed E-state index contributed by atoms with van der Waals surface area (Å²) in [5.74, 6) is 0.317. The highest BCUT2D eigenvalue weighted by atomic mass is 32.1. The Labute approximate surface area is 165 Å². The SMILES string of the molecule is O=C(NC1C2CC1N(c1nc3cccc(F)c3s1)C2)C1(c2ccccn2)CC1. The van der Waals surface area contributed by atoms with Crippen molar-refractivity contribution >= 4 is 32.6 Å². The molecule has 28 heavy (non-hydrogen) atoms. The lowest BCUT2D eigenvalue weighted by molar-refractivity contribution is -0.125. The fourth-order valence-electron chi connectivity index (χ4n) is 4.74. The molecule has 2 aliphatic heterocycles. The second-order valence-corrected chi connectivity index (χ2v) is 9.07. The van der Waals surface area contributed by atoms with Gasteiger partial charge in [-0.25, -0.2) is 9.37 Å². The van der Waals surface area contributed by atoms with Gasteiger partial charge in [-0.3, -0.25) is 9.78 Å². The minimum atomic E-state index is -0.444. The number of aromatic nitrogens is 2. The number of hydrogen-bond donors (Lipinski definition) is 1. The third kappa shape index (κ3) is 2.25. The van der Waals surface area contributed by atoms with E-state index >= 15 is 0 Å². The number of nitrogens with one attached hydrogen (secondary N) is 1. The molecule has 4 heterocycles. The van der Waals surface area contributed by atoms with Gasteiger partial charge in [-0.2, -0.15) is 0 Å². The Kier molecular flexibility index (Phi) is 3.36. The van der Waals surface area contributed by atoms with Gasteiger partial charge >= 0.3 is 0 Å². The molecule has 3 aromatic rings. The number of rotatable bonds is 4. The number of amides is 1. The van der Waals surface area contributed by atoms with Crippen molar-refractivity contribution in [1.29, 1.82) is 0 Å². The summed E-state index contributed by atoms with van der Waals surface area (Å²) in [6, 6.07) is 11.2. The van der Waals surface area contributed by atoms with Gasteiger partial charge in [0.15, 0.2) is 5.13 Å². The quantitative estimate of drug-likeness (QED) is 0.738. The molecule has 142 valence electrons. The molecule has 2 aliphatic carbocycles. The average molecular weight is 394 g/mol.